The van der Waals surface area contributed by atoms with Crippen LogP contribution in [0.4, 0.5) is 10.1 Å². The van der Waals surface area contributed by atoms with Gasteiger partial charge in [-0.2, -0.15) is 0 Å². The highest BCUT2D eigenvalue weighted by molar-refractivity contribution is 6.04. The van der Waals surface area contributed by atoms with Crippen molar-refractivity contribution in [2.24, 2.45) is 0 Å². The molecule has 0 unspecified atom stereocenters. The van der Waals surface area contributed by atoms with Gasteiger partial charge in [0, 0.05) is 23.8 Å². The zero-order chi connectivity index (χ0) is 16.1. The van der Waals surface area contributed by atoms with Crippen molar-refractivity contribution < 1.29 is 9.18 Å². The topological polar surface area (TPSA) is 41.1 Å². The minimum atomic E-state index is -0.347. The molecule has 0 aromatic heterocycles. The van der Waals surface area contributed by atoms with Crippen molar-refractivity contribution in [1.82, 2.24) is 5.32 Å². The van der Waals surface area contributed by atoms with E-state index in [2.05, 4.69) is 10.6 Å². The first-order valence-corrected chi connectivity index (χ1v) is 8.10. The van der Waals surface area contributed by atoms with Gasteiger partial charge < -0.3 is 10.6 Å². The first-order chi connectivity index (χ1) is 11.2. The largest absolute Gasteiger partial charge is 0.322 e. The van der Waals surface area contributed by atoms with Crippen LogP contribution < -0.4 is 10.6 Å². The number of nitrogens with one attached hydrogen (secondary N) is 2. The molecular weight excluding hydrogens is 291 g/mol. The molecule has 4 heteroatoms. The molecule has 3 rings (SSSR count). The van der Waals surface area contributed by atoms with Crippen LogP contribution in [0.3, 0.4) is 0 Å². The number of carbonyl (C=O) groups excluding carboxylic acids is 1. The maximum atomic E-state index is 12.9. The lowest BCUT2D eigenvalue weighted by Gasteiger charge is -2.12. The molecule has 0 atom stereocenters. The van der Waals surface area contributed by atoms with Crippen LogP contribution in [0, 0.1) is 5.82 Å². The van der Waals surface area contributed by atoms with Gasteiger partial charge in [0.15, 0.2) is 0 Å². The van der Waals surface area contributed by atoms with Crippen molar-refractivity contribution in [2.45, 2.75) is 38.3 Å². The molecule has 1 aliphatic rings. The summed E-state index contributed by atoms with van der Waals surface area (Å²) < 4.78 is 12.9. The van der Waals surface area contributed by atoms with Gasteiger partial charge >= 0.3 is 0 Å². The number of anilines is 1. The molecule has 0 heterocycles. The van der Waals surface area contributed by atoms with E-state index in [1.54, 1.807) is 0 Å². The minimum Gasteiger partial charge on any atom is -0.322 e. The number of rotatable bonds is 5. The second-order valence-corrected chi connectivity index (χ2v) is 6.02. The molecule has 2 aromatic carbocycles. The first-order valence-electron chi connectivity index (χ1n) is 8.10. The van der Waals surface area contributed by atoms with Crippen LogP contribution in [0.5, 0.6) is 0 Å². The van der Waals surface area contributed by atoms with E-state index < -0.39 is 0 Å². The highest BCUT2D eigenvalue weighted by Crippen LogP contribution is 2.18. The number of carbonyl (C=O) groups is 1. The molecule has 0 aliphatic heterocycles. The number of hydrogen-bond donors (Lipinski definition) is 2. The predicted octanol–water partition coefficient (Wildman–Crippen LogP) is 4.11. The Bertz CT molecular complexity index is 646. The van der Waals surface area contributed by atoms with Gasteiger partial charge in [0.1, 0.15) is 5.82 Å². The molecule has 1 amide bonds. The van der Waals surface area contributed by atoms with Crippen LogP contribution in [-0.2, 0) is 6.54 Å². The predicted molar refractivity (Wildman–Crippen MR) is 89.9 cm³/mol. The zero-order valence-corrected chi connectivity index (χ0v) is 13.0. The Morgan fingerprint density at radius 2 is 1.65 bits per heavy atom. The number of hydrogen-bond acceptors (Lipinski definition) is 2. The molecule has 1 aliphatic carbocycles. The molecule has 3 nitrogen and oxygen atoms in total. The molecule has 0 spiro atoms. The average Bonchev–Trinajstić information content (AvgIpc) is 3.08. The SMILES string of the molecule is O=C(Nc1ccc(CNC2CCCC2)cc1)c1ccc(F)cc1. The smallest absolute Gasteiger partial charge is 0.255 e. The second-order valence-electron chi connectivity index (χ2n) is 6.02. The third-order valence-corrected chi connectivity index (χ3v) is 4.27. The van der Waals surface area contributed by atoms with Gasteiger partial charge in [-0.15, -0.1) is 0 Å². The molecule has 1 fully saturated rings. The summed E-state index contributed by atoms with van der Waals surface area (Å²) in [4.78, 5) is 12.1. The van der Waals surface area contributed by atoms with Crippen LogP contribution in [0.1, 0.15) is 41.6 Å². The van der Waals surface area contributed by atoms with E-state index in [1.807, 2.05) is 24.3 Å². The van der Waals surface area contributed by atoms with Gasteiger partial charge in [-0.3, -0.25) is 4.79 Å². The Hall–Kier alpha value is -2.20. The Morgan fingerprint density at radius 3 is 2.30 bits per heavy atom. The van der Waals surface area contributed by atoms with Crippen LogP contribution >= 0.6 is 0 Å². The third-order valence-electron chi connectivity index (χ3n) is 4.27. The maximum absolute atomic E-state index is 12.9. The molecule has 0 bridgehead atoms. The van der Waals surface area contributed by atoms with Gasteiger partial charge in [-0.25, -0.2) is 4.39 Å². The van der Waals surface area contributed by atoms with Crippen molar-refractivity contribution >= 4 is 11.6 Å². The van der Waals surface area contributed by atoms with Crippen molar-refractivity contribution in [3.8, 4) is 0 Å². The van der Waals surface area contributed by atoms with Crippen molar-refractivity contribution in [2.75, 3.05) is 5.32 Å². The Morgan fingerprint density at radius 1 is 1.00 bits per heavy atom. The molecule has 120 valence electrons. The Labute approximate surface area is 135 Å². The summed E-state index contributed by atoms with van der Waals surface area (Å²) in [6.45, 7) is 0.858. The van der Waals surface area contributed by atoms with E-state index in [0.29, 0.717) is 11.6 Å². The van der Waals surface area contributed by atoms with E-state index in [0.717, 1.165) is 12.2 Å². The molecule has 1 saturated carbocycles. The van der Waals surface area contributed by atoms with E-state index in [9.17, 15) is 9.18 Å². The second kappa shape index (κ2) is 7.38. The lowest BCUT2D eigenvalue weighted by Crippen LogP contribution is -2.25. The summed E-state index contributed by atoms with van der Waals surface area (Å²) in [5, 5.41) is 6.39. The lowest BCUT2D eigenvalue weighted by atomic mass is 10.1. The molecule has 23 heavy (non-hydrogen) atoms. The van der Waals surface area contributed by atoms with Crippen molar-refractivity contribution in [3.05, 3.63) is 65.5 Å². The van der Waals surface area contributed by atoms with E-state index in [-0.39, 0.29) is 11.7 Å². The van der Waals surface area contributed by atoms with Crippen molar-refractivity contribution in [1.29, 1.82) is 0 Å². The van der Waals surface area contributed by atoms with E-state index in [4.69, 9.17) is 0 Å². The first kappa shape index (κ1) is 15.7. The van der Waals surface area contributed by atoms with E-state index >= 15 is 0 Å². The molecule has 0 saturated heterocycles. The van der Waals surface area contributed by atoms with Gasteiger partial charge in [0.2, 0.25) is 0 Å². The number of benzene rings is 2. The van der Waals surface area contributed by atoms with Crippen LogP contribution in [0.2, 0.25) is 0 Å². The van der Waals surface area contributed by atoms with Crippen molar-refractivity contribution in [3.63, 3.8) is 0 Å². The van der Waals surface area contributed by atoms with Gasteiger partial charge in [-0.1, -0.05) is 25.0 Å². The zero-order valence-electron chi connectivity index (χ0n) is 13.0. The fraction of sp³-hybridized carbons (Fsp3) is 0.316. The summed E-state index contributed by atoms with van der Waals surface area (Å²) in [6, 6.07) is 14.0. The van der Waals surface area contributed by atoms with Gasteiger partial charge in [-0.05, 0) is 54.8 Å². The summed E-state index contributed by atoms with van der Waals surface area (Å²) in [5.41, 5.74) is 2.39. The van der Waals surface area contributed by atoms with Crippen LogP contribution in [-0.4, -0.2) is 11.9 Å². The maximum Gasteiger partial charge on any atom is 0.255 e. The molecule has 0 radical (unpaired) electrons. The minimum absolute atomic E-state index is 0.234. The summed E-state index contributed by atoms with van der Waals surface area (Å²) in [6.07, 6.45) is 5.19. The average molecular weight is 312 g/mol. The van der Waals surface area contributed by atoms with Crippen LogP contribution in [0.15, 0.2) is 48.5 Å². The van der Waals surface area contributed by atoms with E-state index in [1.165, 1.54) is 55.5 Å². The highest BCUT2D eigenvalue weighted by atomic mass is 19.1. The fourth-order valence-corrected chi connectivity index (χ4v) is 2.90. The highest BCUT2D eigenvalue weighted by Gasteiger charge is 2.13. The molecule has 2 aromatic rings. The summed E-state index contributed by atoms with van der Waals surface area (Å²) in [5.74, 6) is -0.581. The fourth-order valence-electron chi connectivity index (χ4n) is 2.90. The Balaban J connectivity index is 1.54. The summed E-state index contributed by atoms with van der Waals surface area (Å²) in [7, 11) is 0. The van der Waals surface area contributed by atoms with Gasteiger partial charge in [0.25, 0.3) is 5.91 Å². The normalized spacial score (nSPS) is 14.8. The van der Waals surface area contributed by atoms with Gasteiger partial charge in [0.05, 0.1) is 0 Å². The molecular formula is C19H21FN2O. The monoisotopic (exact) mass is 312 g/mol. The summed E-state index contributed by atoms with van der Waals surface area (Å²) >= 11 is 0. The Kier molecular flexibility index (Phi) is 5.03. The lowest BCUT2D eigenvalue weighted by molar-refractivity contribution is 0.102. The number of halogens is 1. The quantitative estimate of drug-likeness (QED) is 0.872. The standard InChI is InChI=1S/C19H21FN2O/c20-16-9-7-15(8-10-16)19(23)22-18-11-5-14(6-12-18)13-21-17-3-1-2-4-17/h5-12,17,21H,1-4,13H2,(H,22,23). The third kappa shape index (κ3) is 4.39. The van der Waals surface area contributed by atoms with Crippen LogP contribution in [0.25, 0.3) is 0 Å². The number of amides is 1. The molecule has 2 N–H and O–H groups in total.